The van der Waals surface area contributed by atoms with Crippen molar-refractivity contribution in [2.24, 2.45) is 5.84 Å². The summed E-state index contributed by atoms with van der Waals surface area (Å²) >= 11 is 0. The Kier molecular flexibility index (Phi) is 4.07. The first-order chi connectivity index (χ1) is 7.08. The molecular formula is C9H14N2O3S. The highest BCUT2D eigenvalue weighted by Gasteiger charge is 2.18. The van der Waals surface area contributed by atoms with Gasteiger partial charge in [-0.25, -0.2) is 18.7 Å². The second kappa shape index (κ2) is 5.11. The maximum Gasteiger partial charge on any atom is 0.248 e. The van der Waals surface area contributed by atoms with Crippen LogP contribution in [0.4, 0.5) is 5.69 Å². The van der Waals surface area contributed by atoms with Crippen molar-refractivity contribution in [2.45, 2.75) is 6.42 Å². The van der Waals surface area contributed by atoms with E-state index in [4.69, 9.17) is 10.9 Å². The van der Waals surface area contributed by atoms with Crippen molar-refractivity contribution in [3.63, 3.8) is 0 Å². The topological polar surface area (TPSA) is 83.6 Å². The maximum atomic E-state index is 11.6. The molecule has 84 valence electrons. The van der Waals surface area contributed by atoms with Crippen LogP contribution < -0.4 is 10.3 Å². The van der Waals surface area contributed by atoms with Gasteiger partial charge >= 0.3 is 0 Å². The molecule has 0 radical (unpaired) electrons. The van der Waals surface area contributed by atoms with E-state index in [1.54, 1.807) is 30.3 Å². The van der Waals surface area contributed by atoms with Crippen molar-refractivity contribution in [2.75, 3.05) is 16.8 Å². The summed E-state index contributed by atoms with van der Waals surface area (Å²) in [5.41, 5.74) is 0.412. The Morgan fingerprint density at radius 1 is 1.27 bits per heavy atom. The van der Waals surface area contributed by atoms with Gasteiger partial charge in [0.25, 0.3) is 0 Å². The van der Waals surface area contributed by atoms with Crippen LogP contribution in [0.1, 0.15) is 6.42 Å². The Hall–Kier alpha value is -1.11. The van der Waals surface area contributed by atoms with E-state index in [9.17, 15) is 8.42 Å². The molecule has 0 amide bonds. The van der Waals surface area contributed by atoms with Crippen LogP contribution in [-0.4, -0.2) is 25.9 Å². The number of sulfonamides is 1. The highest BCUT2D eigenvalue weighted by Crippen LogP contribution is 2.13. The SMILES string of the molecule is NN(c1ccccc1)S(=O)(=O)CCCO. The van der Waals surface area contributed by atoms with Gasteiger partial charge in [0, 0.05) is 6.61 Å². The van der Waals surface area contributed by atoms with Crippen LogP contribution in [0.15, 0.2) is 30.3 Å². The molecular weight excluding hydrogens is 216 g/mol. The van der Waals surface area contributed by atoms with E-state index in [1.807, 2.05) is 0 Å². The van der Waals surface area contributed by atoms with E-state index in [-0.39, 0.29) is 18.8 Å². The van der Waals surface area contributed by atoms with Gasteiger partial charge in [0.1, 0.15) is 0 Å². The summed E-state index contributed by atoms with van der Waals surface area (Å²) in [6, 6.07) is 8.40. The van der Waals surface area contributed by atoms with Gasteiger partial charge in [-0.05, 0) is 18.6 Å². The Morgan fingerprint density at radius 3 is 2.40 bits per heavy atom. The molecule has 0 aliphatic carbocycles. The lowest BCUT2D eigenvalue weighted by Gasteiger charge is -2.18. The molecule has 0 unspecified atom stereocenters. The molecule has 15 heavy (non-hydrogen) atoms. The first kappa shape index (κ1) is 12.0. The third kappa shape index (κ3) is 3.19. The fourth-order valence-corrected chi connectivity index (χ4v) is 2.21. The van der Waals surface area contributed by atoms with Gasteiger partial charge in [-0.15, -0.1) is 0 Å². The summed E-state index contributed by atoms with van der Waals surface area (Å²) in [7, 11) is -3.52. The highest BCUT2D eigenvalue weighted by atomic mass is 32.2. The monoisotopic (exact) mass is 230 g/mol. The van der Waals surface area contributed by atoms with E-state index in [2.05, 4.69) is 0 Å². The molecule has 0 heterocycles. The lowest BCUT2D eigenvalue weighted by Crippen LogP contribution is -2.39. The Labute approximate surface area is 89.2 Å². The number of para-hydroxylation sites is 1. The molecule has 0 aromatic heterocycles. The van der Waals surface area contributed by atoms with Gasteiger partial charge in [0.05, 0.1) is 11.4 Å². The molecule has 0 saturated heterocycles. The lowest BCUT2D eigenvalue weighted by atomic mass is 10.3. The largest absolute Gasteiger partial charge is 0.396 e. The van der Waals surface area contributed by atoms with Crippen LogP contribution in [0.25, 0.3) is 0 Å². The fourth-order valence-electron chi connectivity index (χ4n) is 1.08. The summed E-state index contributed by atoms with van der Waals surface area (Å²) in [6.45, 7) is -0.165. The summed E-state index contributed by atoms with van der Waals surface area (Å²) in [5, 5.41) is 8.56. The highest BCUT2D eigenvalue weighted by molar-refractivity contribution is 7.92. The lowest BCUT2D eigenvalue weighted by molar-refractivity contribution is 0.295. The van der Waals surface area contributed by atoms with Gasteiger partial charge in [-0.1, -0.05) is 18.2 Å². The number of hydrogen-bond donors (Lipinski definition) is 2. The predicted molar refractivity (Wildman–Crippen MR) is 58.6 cm³/mol. The van der Waals surface area contributed by atoms with Gasteiger partial charge < -0.3 is 5.11 Å². The van der Waals surface area contributed by atoms with Gasteiger partial charge in [0.2, 0.25) is 10.0 Å². The van der Waals surface area contributed by atoms with Gasteiger partial charge in [-0.3, -0.25) is 0 Å². The van der Waals surface area contributed by atoms with E-state index >= 15 is 0 Å². The van der Waals surface area contributed by atoms with E-state index in [0.717, 1.165) is 4.41 Å². The van der Waals surface area contributed by atoms with Crippen LogP contribution in [0.2, 0.25) is 0 Å². The minimum Gasteiger partial charge on any atom is -0.396 e. The average molecular weight is 230 g/mol. The second-order valence-electron chi connectivity index (χ2n) is 3.02. The van der Waals surface area contributed by atoms with Crippen molar-refractivity contribution in [1.29, 1.82) is 0 Å². The smallest absolute Gasteiger partial charge is 0.248 e. The minimum atomic E-state index is -3.52. The first-order valence-electron chi connectivity index (χ1n) is 4.51. The number of nitrogens with zero attached hydrogens (tertiary/aromatic N) is 1. The number of anilines is 1. The van der Waals surface area contributed by atoms with Gasteiger partial charge in [-0.2, -0.15) is 0 Å². The normalized spacial score (nSPS) is 11.3. The number of aliphatic hydroxyl groups is 1. The number of aliphatic hydroxyl groups excluding tert-OH is 1. The van der Waals surface area contributed by atoms with Crippen molar-refractivity contribution in [1.82, 2.24) is 0 Å². The van der Waals surface area contributed by atoms with Crippen molar-refractivity contribution >= 4 is 15.7 Å². The summed E-state index contributed by atoms with van der Waals surface area (Å²) in [6.07, 6.45) is 0.183. The van der Waals surface area contributed by atoms with Crippen molar-refractivity contribution < 1.29 is 13.5 Å². The molecule has 1 aromatic carbocycles. The van der Waals surface area contributed by atoms with E-state index < -0.39 is 10.0 Å². The minimum absolute atomic E-state index is 0.158. The number of hydrazine groups is 1. The number of hydrogen-bond acceptors (Lipinski definition) is 4. The number of nitrogens with two attached hydrogens (primary N) is 1. The number of rotatable bonds is 5. The molecule has 5 nitrogen and oxygen atoms in total. The molecule has 0 spiro atoms. The maximum absolute atomic E-state index is 11.6. The molecule has 0 fully saturated rings. The van der Waals surface area contributed by atoms with Crippen molar-refractivity contribution in [3.8, 4) is 0 Å². The molecule has 0 saturated carbocycles. The third-order valence-electron chi connectivity index (χ3n) is 1.87. The fraction of sp³-hybridized carbons (Fsp3) is 0.333. The molecule has 3 N–H and O–H groups in total. The zero-order valence-corrected chi connectivity index (χ0v) is 9.02. The van der Waals surface area contributed by atoms with E-state index in [1.165, 1.54) is 0 Å². The molecule has 6 heteroatoms. The Morgan fingerprint density at radius 2 is 1.87 bits per heavy atom. The Balaban J connectivity index is 2.80. The summed E-state index contributed by atoms with van der Waals surface area (Å²) < 4.78 is 23.9. The second-order valence-corrected chi connectivity index (χ2v) is 4.99. The van der Waals surface area contributed by atoms with Crippen LogP contribution in [-0.2, 0) is 10.0 Å². The predicted octanol–water partition coefficient (Wildman–Crippen LogP) is 0.0789. The molecule has 0 aliphatic rings. The summed E-state index contributed by atoms with van der Waals surface area (Å²) in [4.78, 5) is 0. The Bertz CT molecular complexity index is 391. The molecule has 0 bridgehead atoms. The average Bonchev–Trinajstić information content (AvgIpc) is 2.26. The van der Waals surface area contributed by atoms with Gasteiger partial charge in [0.15, 0.2) is 0 Å². The van der Waals surface area contributed by atoms with E-state index in [0.29, 0.717) is 5.69 Å². The zero-order valence-electron chi connectivity index (χ0n) is 8.20. The molecule has 0 atom stereocenters. The zero-order chi connectivity index (χ0) is 11.3. The first-order valence-corrected chi connectivity index (χ1v) is 6.12. The molecule has 1 rings (SSSR count). The third-order valence-corrected chi connectivity index (χ3v) is 3.49. The molecule has 1 aromatic rings. The molecule has 0 aliphatic heterocycles. The van der Waals surface area contributed by atoms with Crippen LogP contribution in [0.3, 0.4) is 0 Å². The summed E-state index contributed by atoms with van der Waals surface area (Å²) in [5.74, 6) is 5.32. The standard InChI is InChI=1S/C9H14N2O3S/c10-11(9-5-2-1-3-6-9)15(13,14)8-4-7-12/h1-3,5-6,12H,4,7-8,10H2. The van der Waals surface area contributed by atoms with Crippen molar-refractivity contribution in [3.05, 3.63) is 30.3 Å². The number of benzene rings is 1. The van der Waals surface area contributed by atoms with Crippen LogP contribution >= 0.6 is 0 Å². The van der Waals surface area contributed by atoms with Crippen LogP contribution in [0, 0.1) is 0 Å². The quantitative estimate of drug-likeness (QED) is 0.554. The van der Waals surface area contributed by atoms with Crippen LogP contribution in [0.5, 0.6) is 0 Å².